The summed E-state index contributed by atoms with van der Waals surface area (Å²) in [5.74, 6) is 0. The van der Waals surface area contributed by atoms with Gasteiger partial charge < -0.3 is 20.2 Å². The Morgan fingerprint density at radius 3 is 1.00 bits per heavy atom. The Labute approximate surface area is 97.5 Å². The second-order valence-electron chi connectivity index (χ2n) is 0.149. The molecule has 0 amide bonds. The first-order chi connectivity index (χ1) is 2.83. The van der Waals surface area contributed by atoms with Crippen molar-refractivity contribution in [2.75, 3.05) is 0 Å². The first-order valence-corrected chi connectivity index (χ1v) is 0.730. The Hall–Kier alpha value is 0.943. The summed E-state index contributed by atoms with van der Waals surface area (Å²) in [5.41, 5.74) is 0. The Kier molecular flexibility index (Phi) is 128. The molecular weight excluding hydrogens is 190 g/mol. The van der Waals surface area contributed by atoms with E-state index in [9.17, 15) is 0 Å². The average Bonchev–Trinajstić information content (AvgIpc) is 1.39. The molecule has 0 fully saturated rings. The van der Waals surface area contributed by atoms with Gasteiger partial charge in [-0.2, -0.15) is 0 Å². The second-order valence-corrected chi connectivity index (χ2v) is 0.149. The predicted octanol–water partition coefficient (Wildman–Crippen LogP) is -0.150. The third kappa shape index (κ3) is 276. The van der Waals surface area contributed by atoms with Crippen molar-refractivity contribution in [2.45, 2.75) is 0 Å². The predicted molar refractivity (Wildman–Crippen MR) is 25.5 cm³/mol. The summed E-state index contributed by atoms with van der Waals surface area (Å²) in [6.45, 7) is 0. The molecule has 8 heavy (non-hydrogen) atoms. The van der Waals surface area contributed by atoms with Gasteiger partial charge in [0.05, 0.1) is 0 Å². The zero-order valence-corrected chi connectivity index (χ0v) is 3.90. The molecule has 0 aromatic heterocycles. The molecule has 0 spiro atoms. The number of hydrogen-bond donors (Lipinski definition) is 0. The number of rotatable bonds is 0. The van der Waals surface area contributed by atoms with E-state index in [0.717, 1.165) is 10.7 Å². The molecule has 0 aromatic rings. The molecule has 6 nitrogen and oxygen atoms in total. The molecule has 0 saturated carbocycles. The van der Waals surface area contributed by atoms with E-state index in [4.69, 9.17) is 20.2 Å². The van der Waals surface area contributed by atoms with Crippen LogP contribution < -0.4 is 0 Å². The van der Waals surface area contributed by atoms with Crippen LogP contribution in [0.1, 0.15) is 0 Å². The first-order valence-electron chi connectivity index (χ1n) is 0.730. The molecule has 0 unspecified atom stereocenters. The number of nitrogens with zero attached hydrogens (tertiary/aromatic N) is 2. The Bertz CT molecular complexity index is 35.0. The van der Waals surface area contributed by atoms with E-state index in [-0.39, 0.29) is 68.2 Å². The van der Waals surface area contributed by atoms with Crippen molar-refractivity contribution in [3.05, 3.63) is 20.2 Å². The van der Waals surface area contributed by atoms with Crippen LogP contribution in [0.4, 0.5) is 0 Å². The zero-order valence-electron chi connectivity index (χ0n) is 2.86. The normalized spacial score (nSPS) is 3.00. The third-order valence-electron chi connectivity index (χ3n) is 0. The van der Waals surface area contributed by atoms with Crippen LogP contribution in [0.3, 0.4) is 0 Å². The fraction of sp³-hybridized carbons (Fsp3) is 0. The Morgan fingerprint density at radius 1 is 1.00 bits per heavy atom. The Morgan fingerprint density at radius 2 is 1.00 bits per heavy atom. The molecule has 0 heterocycles. The van der Waals surface area contributed by atoms with E-state index in [1.165, 1.54) is 0 Å². The van der Waals surface area contributed by atoms with Crippen LogP contribution in [0.2, 0.25) is 0 Å². The fourth-order valence-corrected chi connectivity index (χ4v) is 0. The molecular formula is HCoKN2O4. The van der Waals surface area contributed by atoms with Gasteiger partial charge in [0.2, 0.25) is 0 Å². The van der Waals surface area contributed by atoms with Crippen LogP contribution in [0.25, 0.3) is 0 Å². The van der Waals surface area contributed by atoms with E-state index in [0.29, 0.717) is 0 Å². The standard InChI is InChI=1S/Co.K.2HNO2.H/c;;2*2-1-3;/h;;2*(H,2,3);/q+2;;;;/p-2. The molecule has 45 valence electrons. The van der Waals surface area contributed by atoms with Gasteiger partial charge in [-0.1, -0.05) is 0 Å². The summed E-state index contributed by atoms with van der Waals surface area (Å²) in [5, 5.41) is 18.0. The monoisotopic (exact) mass is 191 g/mol. The van der Waals surface area contributed by atoms with Gasteiger partial charge in [-0.05, 0) is 0 Å². The molecule has 0 rings (SSSR count). The quantitative estimate of drug-likeness (QED) is 0.301. The van der Waals surface area contributed by atoms with Crippen molar-refractivity contribution in [1.29, 1.82) is 0 Å². The minimum atomic E-state index is 0. The molecule has 0 saturated heterocycles. The number of hydrogen-bond acceptors (Lipinski definition) is 6. The SMILES string of the molecule is O=N[O-].O=N[O-].[Co+2].[KH]. The molecule has 0 bridgehead atoms. The molecule has 0 atom stereocenters. The summed E-state index contributed by atoms with van der Waals surface area (Å²) in [7, 11) is 0. The van der Waals surface area contributed by atoms with Gasteiger partial charge in [0.1, 0.15) is 0 Å². The molecule has 8 heteroatoms. The van der Waals surface area contributed by atoms with Crippen LogP contribution in [-0.4, -0.2) is 51.4 Å². The van der Waals surface area contributed by atoms with Crippen molar-refractivity contribution < 1.29 is 16.8 Å². The van der Waals surface area contributed by atoms with Gasteiger partial charge in [-0.15, -0.1) is 10.7 Å². The minimum absolute atomic E-state index is 0. The van der Waals surface area contributed by atoms with E-state index in [1.807, 2.05) is 0 Å². The van der Waals surface area contributed by atoms with Gasteiger partial charge >= 0.3 is 68.2 Å². The van der Waals surface area contributed by atoms with Crippen LogP contribution in [0.5, 0.6) is 0 Å². The van der Waals surface area contributed by atoms with Crippen molar-refractivity contribution in [3.8, 4) is 0 Å². The topological polar surface area (TPSA) is 105 Å². The summed E-state index contributed by atoms with van der Waals surface area (Å²) < 4.78 is 0. The van der Waals surface area contributed by atoms with Gasteiger partial charge in [0.15, 0.2) is 0 Å². The molecule has 0 N–H and O–H groups in total. The maximum absolute atomic E-state index is 8.00. The van der Waals surface area contributed by atoms with E-state index >= 15 is 0 Å². The molecule has 1 radical (unpaired) electrons. The summed E-state index contributed by atoms with van der Waals surface area (Å²) in [6.07, 6.45) is 0. The molecule has 0 aliphatic carbocycles. The van der Waals surface area contributed by atoms with Crippen LogP contribution >= 0.6 is 0 Å². The van der Waals surface area contributed by atoms with Crippen LogP contribution in [-0.2, 0) is 16.8 Å². The summed E-state index contributed by atoms with van der Waals surface area (Å²) in [4.78, 5) is 16.0. The average molecular weight is 191 g/mol. The molecule has 0 aliphatic heterocycles. The van der Waals surface area contributed by atoms with Crippen molar-refractivity contribution >= 4 is 51.4 Å². The van der Waals surface area contributed by atoms with Gasteiger partial charge in [0, 0.05) is 0 Å². The fourth-order valence-electron chi connectivity index (χ4n) is 0. The summed E-state index contributed by atoms with van der Waals surface area (Å²) >= 11 is 0. The van der Waals surface area contributed by atoms with Gasteiger partial charge in [-0.25, -0.2) is 0 Å². The maximum atomic E-state index is 8.00. The van der Waals surface area contributed by atoms with Crippen LogP contribution in [0, 0.1) is 20.2 Å². The van der Waals surface area contributed by atoms with E-state index in [2.05, 4.69) is 0 Å². The van der Waals surface area contributed by atoms with Gasteiger partial charge in [-0.3, -0.25) is 0 Å². The van der Waals surface area contributed by atoms with Crippen molar-refractivity contribution in [2.24, 2.45) is 10.7 Å². The van der Waals surface area contributed by atoms with Crippen molar-refractivity contribution in [1.82, 2.24) is 0 Å². The van der Waals surface area contributed by atoms with E-state index < -0.39 is 0 Å². The first kappa shape index (κ1) is 23.1. The molecule has 0 aromatic carbocycles. The molecule has 0 aliphatic rings. The van der Waals surface area contributed by atoms with Crippen LogP contribution in [0.15, 0.2) is 10.7 Å². The zero-order chi connectivity index (χ0) is 5.41. The van der Waals surface area contributed by atoms with Crippen molar-refractivity contribution in [3.63, 3.8) is 0 Å². The van der Waals surface area contributed by atoms with Gasteiger partial charge in [0.25, 0.3) is 0 Å². The second kappa shape index (κ2) is 44.2. The summed E-state index contributed by atoms with van der Waals surface area (Å²) in [6, 6.07) is 0. The third-order valence-corrected chi connectivity index (χ3v) is 0. The van der Waals surface area contributed by atoms with E-state index in [1.54, 1.807) is 0 Å². The Balaban J connectivity index is -0.0000000160.